The number of benzene rings is 1. The minimum atomic E-state index is 0.690. The quantitative estimate of drug-likeness (QED) is 0.718. The molecule has 3 aromatic rings. The van der Waals surface area contributed by atoms with Gasteiger partial charge in [-0.3, -0.25) is 0 Å². The Kier molecular flexibility index (Phi) is 3.52. The van der Waals surface area contributed by atoms with Crippen LogP contribution in [0.15, 0.2) is 66.5 Å². The average Bonchev–Trinajstić information content (AvgIpc) is 3.16. The molecule has 114 valence electrons. The second-order valence-corrected chi connectivity index (χ2v) is 5.70. The molecule has 2 N–H and O–H groups in total. The lowest BCUT2D eigenvalue weighted by molar-refractivity contribution is 0.333. The van der Waals surface area contributed by atoms with E-state index in [0.29, 0.717) is 5.02 Å². The highest BCUT2D eigenvalue weighted by atomic mass is 35.5. The van der Waals surface area contributed by atoms with Gasteiger partial charge in [0, 0.05) is 40.5 Å². The Morgan fingerprint density at radius 3 is 3.13 bits per heavy atom. The zero-order valence-corrected chi connectivity index (χ0v) is 13.0. The van der Waals surface area contributed by atoms with Crippen LogP contribution in [0.5, 0.6) is 0 Å². The van der Waals surface area contributed by atoms with Crippen LogP contribution in [-0.4, -0.2) is 9.97 Å². The third kappa shape index (κ3) is 2.94. The van der Waals surface area contributed by atoms with Crippen molar-refractivity contribution in [1.29, 1.82) is 0 Å². The van der Waals surface area contributed by atoms with Gasteiger partial charge in [-0.05, 0) is 42.5 Å². The summed E-state index contributed by atoms with van der Waals surface area (Å²) in [7, 11) is 0. The van der Waals surface area contributed by atoms with Gasteiger partial charge in [-0.15, -0.1) is 0 Å². The first-order chi connectivity index (χ1) is 11.3. The number of aromatic amines is 1. The van der Waals surface area contributed by atoms with Crippen LogP contribution in [0.25, 0.3) is 17.1 Å². The van der Waals surface area contributed by atoms with E-state index >= 15 is 0 Å². The van der Waals surface area contributed by atoms with E-state index < -0.39 is 0 Å². The van der Waals surface area contributed by atoms with Crippen molar-refractivity contribution >= 4 is 34.4 Å². The van der Waals surface area contributed by atoms with Gasteiger partial charge in [0.05, 0.1) is 0 Å². The lowest BCUT2D eigenvalue weighted by Gasteiger charge is -2.08. The summed E-state index contributed by atoms with van der Waals surface area (Å²) < 4.78 is 5.86. The smallest absolute Gasteiger partial charge is 0.193 e. The molecule has 0 radical (unpaired) electrons. The van der Waals surface area contributed by atoms with Crippen molar-refractivity contribution in [3.63, 3.8) is 0 Å². The molecule has 0 unspecified atom stereocenters. The molecule has 5 heteroatoms. The molecule has 23 heavy (non-hydrogen) atoms. The molecule has 0 saturated carbocycles. The van der Waals surface area contributed by atoms with Crippen molar-refractivity contribution in [2.24, 2.45) is 0 Å². The fourth-order valence-electron chi connectivity index (χ4n) is 2.56. The van der Waals surface area contributed by atoms with Crippen LogP contribution in [0.1, 0.15) is 12.0 Å². The van der Waals surface area contributed by atoms with Gasteiger partial charge < -0.3 is 15.0 Å². The van der Waals surface area contributed by atoms with E-state index in [1.165, 1.54) is 0 Å². The van der Waals surface area contributed by atoms with Crippen LogP contribution < -0.4 is 5.32 Å². The van der Waals surface area contributed by atoms with Crippen molar-refractivity contribution in [1.82, 2.24) is 9.97 Å². The monoisotopic (exact) mass is 323 g/mol. The summed E-state index contributed by atoms with van der Waals surface area (Å²) >= 11 is 5.99. The highest BCUT2D eigenvalue weighted by Gasteiger charge is 2.13. The van der Waals surface area contributed by atoms with E-state index in [1.54, 1.807) is 6.20 Å². The number of rotatable bonds is 3. The van der Waals surface area contributed by atoms with Gasteiger partial charge in [-0.1, -0.05) is 17.7 Å². The number of aromatic nitrogens is 2. The van der Waals surface area contributed by atoms with Crippen molar-refractivity contribution in [3.05, 3.63) is 77.1 Å². The highest BCUT2D eigenvalue weighted by Crippen LogP contribution is 2.27. The Labute approximate surface area is 138 Å². The maximum Gasteiger partial charge on any atom is 0.193 e. The number of nitrogens with one attached hydrogen (secondary N) is 2. The number of fused-ring (bicyclic) bond motifs is 1. The molecule has 4 nitrogen and oxygen atoms in total. The van der Waals surface area contributed by atoms with Gasteiger partial charge in [0.1, 0.15) is 11.4 Å². The first kappa shape index (κ1) is 13.9. The number of halogens is 1. The third-order valence-electron chi connectivity index (χ3n) is 3.62. The minimum Gasteiger partial charge on any atom is -0.445 e. The van der Waals surface area contributed by atoms with Crippen LogP contribution >= 0.6 is 11.6 Å². The van der Waals surface area contributed by atoms with Crippen LogP contribution in [0.3, 0.4) is 0 Å². The second kappa shape index (κ2) is 5.82. The largest absolute Gasteiger partial charge is 0.445 e. The molecule has 0 aliphatic carbocycles. The number of ether oxygens (including phenoxy) is 1. The van der Waals surface area contributed by atoms with Crippen LogP contribution in [-0.2, 0) is 4.74 Å². The Morgan fingerprint density at radius 2 is 2.22 bits per heavy atom. The summed E-state index contributed by atoms with van der Waals surface area (Å²) in [4.78, 5) is 7.45. The molecule has 1 aliphatic heterocycles. The zero-order chi connectivity index (χ0) is 15.6. The summed E-state index contributed by atoms with van der Waals surface area (Å²) in [5.74, 6) is 1.61. The van der Waals surface area contributed by atoms with Crippen molar-refractivity contribution in [3.8, 4) is 0 Å². The number of anilines is 1. The first-order valence-electron chi connectivity index (χ1n) is 7.31. The van der Waals surface area contributed by atoms with E-state index in [2.05, 4.69) is 15.3 Å². The molecule has 4 rings (SSSR count). The normalized spacial score (nSPS) is 15.7. The van der Waals surface area contributed by atoms with E-state index in [9.17, 15) is 0 Å². The van der Waals surface area contributed by atoms with Gasteiger partial charge in [0.15, 0.2) is 5.88 Å². The van der Waals surface area contributed by atoms with Gasteiger partial charge >= 0.3 is 0 Å². The fourth-order valence-corrected chi connectivity index (χ4v) is 2.75. The number of H-pyrrole nitrogens is 1. The highest BCUT2D eigenvalue weighted by molar-refractivity contribution is 6.30. The number of allylic oxidation sites excluding steroid dienone is 1. The lowest BCUT2D eigenvalue weighted by atomic mass is 10.2. The molecule has 0 amide bonds. The molecule has 0 saturated heterocycles. The summed E-state index contributed by atoms with van der Waals surface area (Å²) in [6.07, 6.45) is 8.51. The fraction of sp³-hybridized carbons (Fsp3) is 0.0556. The second-order valence-electron chi connectivity index (χ2n) is 5.26. The Balaban J connectivity index is 1.51. The Hall–Kier alpha value is -2.72. The number of hydrogen-bond donors (Lipinski definition) is 2. The molecule has 2 aromatic heterocycles. The van der Waals surface area contributed by atoms with Crippen molar-refractivity contribution in [2.75, 3.05) is 5.32 Å². The van der Waals surface area contributed by atoms with Gasteiger partial charge in [0.2, 0.25) is 0 Å². The minimum absolute atomic E-state index is 0.690. The third-order valence-corrected chi connectivity index (χ3v) is 3.86. The van der Waals surface area contributed by atoms with Gasteiger partial charge in [-0.25, -0.2) is 4.98 Å². The molecule has 0 bridgehead atoms. The molecule has 0 fully saturated rings. The van der Waals surface area contributed by atoms with E-state index in [0.717, 1.165) is 40.3 Å². The molecular weight excluding hydrogens is 310 g/mol. The number of pyridine rings is 1. The number of hydrogen-bond acceptors (Lipinski definition) is 3. The Morgan fingerprint density at radius 1 is 1.26 bits per heavy atom. The molecule has 1 aromatic carbocycles. The topological polar surface area (TPSA) is 49.9 Å². The summed E-state index contributed by atoms with van der Waals surface area (Å²) in [5, 5.41) is 5.00. The zero-order valence-electron chi connectivity index (χ0n) is 12.2. The van der Waals surface area contributed by atoms with Gasteiger partial charge in [-0.2, -0.15) is 0 Å². The summed E-state index contributed by atoms with van der Waals surface area (Å²) in [5.41, 5.74) is 2.85. The van der Waals surface area contributed by atoms with Crippen LogP contribution in [0.2, 0.25) is 5.02 Å². The predicted molar refractivity (Wildman–Crippen MR) is 92.9 cm³/mol. The average molecular weight is 324 g/mol. The first-order valence-corrected chi connectivity index (χ1v) is 7.69. The summed E-state index contributed by atoms with van der Waals surface area (Å²) in [6.45, 7) is 0. The predicted octanol–water partition coefficient (Wildman–Crippen LogP) is 4.93. The SMILES string of the molecule is Clc1cccc(NC2=CCC(=Cc3c[nH]c4ncccc34)O2)c1. The van der Waals surface area contributed by atoms with Crippen LogP contribution in [0.4, 0.5) is 5.69 Å². The molecule has 0 atom stereocenters. The standard InChI is InChI=1S/C18H14ClN3O/c19-13-3-1-4-14(10-13)22-17-7-6-15(23-17)9-12-11-21-18-16(12)5-2-8-20-18/h1-5,7-11,22H,6H2,(H,20,21). The molecule has 0 spiro atoms. The van der Waals surface area contributed by atoms with E-state index in [-0.39, 0.29) is 0 Å². The van der Waals surface area contributed by atoms with E-state index in [4.69, 9.17) is 16.3 Å². The maximum absolute atomic E-state index is 5.99. The van der Waals surface area contributed by atoms with Crippen molar-refractivity contribution < 1.29 is 4.74 Å². The van der Waals surface area contributed by atoms with E-state index in [1.807, 2.05) is 54.7 Å². The maximum atomic E-state index is 5.99. The molecule has 3 heterocycles. The molecular formula is C18H14ClN3O. The lowest BCUT2D eigenvalue weighted by Crippen LogP contribution is -1.98. The molecule has 1 aliphatic rings. The van der Waals surface area contributed by atoms with Crippen molar-refractivity contribution in [2.45, 2.75) is 6.42 Å². The summed E-state index contributed by atoms with van der Waals surface area (Å²) in [6, 6.07) is 11.5. The number of nitrogens with zero attached hydrogens (tertiary/aromatic N) is 1. The van der Waals surface area contributed by atoms with Gasteiger partial charge in [0.25, 0.3) is 0 Å². The Bertz CT molecular complexity index is 927. The van der Waals surface area contributed by atoms with Crippen LogP contribution in [0, 0.1) is 0 Å².